The molecule has 3 saturated carbocycles. The van der Waals surface area contributed by atoms with Crippen molar-refractivity contribution in [3.8, 4) is 0 Å². The molecule has 0 bridgehead atoms. The lowest BCUT2D eigenvalue weighted by Crippen LogP contribution is -2.50. The summed E-state index contributed by atoms with van der Waals surface area (Å²) in [6.07, 6.45) is 34.8. The van der Waals surface area contributed by atoms with Crippen LogP contribution in [0.5, 0.6) is 0 Å². The van der Waals surface area contributed by atoms with Crippen LogP contribution in [0.15, 0.2) is 11.6 Å². The van der Waals surface area contributed by atoms with E-state index in [1.807, 2.05) is 0 Å². The Labute approximate surface area is 374 Å². The van der Waals surface area contributed by atoms with Gasteiger partial charge in [-0.25, -0.2) is 0 Å². The Morgan fingerprint density at radius 3 is 1.74 bits per heavy atom. The summed E-state index contributed by atoms with van der Waals surface area (Å²) in [4.78, 5) is 38.6. The van der Waals surface area contributed by atoms with Gasteiger partial charge in [0.2, 0.25) is 0 Å². The Hall–Kier alpha value is -1.74. The molecule has 0 saturated heterocycles. The second kappa shape index (κ2) is 28.2. The normalized spacial score (nSPS) is 26.4. The topological polar surface area (TPSA) is 113 Å². The molecule has 4 rings (SSSR count). The van der Waals surface area contributed by atoms with E-state index >= 15 is 0 Å². The maximum absolute atomic E-state index is 13.5. The second-order valence-electron chi connectivity index (χ2n) is 20.1. The summed E-state index contributed by atoms with van der Waals surface area (Å²) in [5, 5.41) is 0. The molecule has 61 heavy (non-hydrogen) atoms. The van der Waals surface area contributed by atoms with Crippen LogP contribution < -0.4 is 0 Å². The molecule has 9 heteroatoms. The van der Waals surface area contributed by atoms with Gasteiger partial charge in [-0.1, -0.05) is 175 Å². The molecule has 0 amide bonds. The molecule has 2 unspecified atom stereocenters. The fraction of sp³-hybridized carbons (Fsp3) is 0.904. The molecule has 7 atom stereocenters. The van der Waals surface area contributed by atoms with Crippen molar-refractivity contribution in [2.45, 2.75) is 259 Å². The standard InChI is InChI=1S/C51H88O8S.CH4/c1-5-7-9-11-13-15-17-19-21-23-25-27-48(53)57-40-43(58-49(54)28-26-24-22-20-18-16-14-12-10-8-6-2)35-38-60(55,56)59-42-33-36-50(3)41(39-42)29-30-44-45-31-32-47(52)51(45,4)37-34-46(44)50;/h29,42-46H,5-28,30-40H2,1-4H3;1H4/t42?,43?,44-,45-,46-,50-,51-;/m0./s1. The summed E-state index contributed by atoms with van der Waals surface area (Å²) in [7, 11) is -3.93. The monoisotopic (exact) mass is 877 g/mol. The number of hydrogen-bond acceptors (Lipinski definition) is 8. The van der Waals surface area contributed by atoms with Crippen LogP contribution in [0.4, 0.5) is 0 Å². The van der Waals surface area contributed by atoms with E-state index in [0.29, 0.717) is 49.2 Å². The minimum absolute atomic E-state index is 0. The molecule has 0 aromatic carbocycles. The molecule has 3 fully saturated rings. The van der Waals surface area contributed by atoms with Crippen molar-refractivity contribution < 1.29 is 36.5 Å². The van der Waals surface area contributed by atoms with Gasteiger partial charge in [-0.3, -0.25) is 18.6 Å². The SMILES string of the molecule is C.CCCCCCCCCCCCCC(=O)OCC(CCS(=O)(=O)OC1CC[C@@]2(C)C(=CC[C@@H]3[C@@H]2CC[C@]2(C)C(=O)CC[C@@H]32)C1)OC(=O)CCCCCCCCCCCCC. The molecule has 0 N–H and O–H groups in total. The molecule has 0 spiro atoms. The largest absolute Gasteiger partial charge is 0.462 e. The van der Waals surface area contributed by atoms with Gasteiger partial charge in [0.1, 0.15) is 18.5 Å². The van der Waals surface area contributed by atoms with Crippen LogP contribution in [0.2, 0.25) is 0 Å². The number of ketones is 1. The molecule has 0 aliphatic heterocycles. The predicted octanol–water partition coefficient (Wildman–Crippen LogP) is 14.1. The zero-order valence-electron chi connectivity index (χ0n) is 38.9. The van der Waals surface area contributed by atoms with Gasteiger partial charge in [0.15, 0.2) is 0 Å². The quantitative estimate of drug-likeness (QED) is 0.0284. The van der Waals surface area contributed by atoms with Gasteiger partial charge in [0.25, 0.3) is 10.1 Å². The van der Waals surface area contributed by atoms with E-state index in [1.54, 1.807) is 0 Å². The molecule has 0 heterocycles. The number of allylic oxidation sites excluding steroid dienone is 1. The third-order valence-corrected chi connectivity index (χ3v) is 16.7. The van der Waals surface area contributed by atoms with Crippen LogP contribution in [-0.2, 0) is 38.2 Å². The summed E-state index contributed by atoms with van der Waals surface area (Å²) in [6.45, 7) is 8.92. The molecule has 0 radical (unpaired) electrons. The Bertz CT molecular complexity index is 1420. The van der Waals surface area contributed by atoms with Gasteiger partial charge in [-0.15, -0.1) is 0 Å². The zero-order valence-corrected chi connectivity index (χ0v) is 39.7. The molecule has 354 valence electrons. The highest BCUT2D eigenvalue weighted by Crippen LogP contribution is 2.64. The van der Waals surface area contributed by atoms with Crippen molar-refractivity contribution >= 4 is 27.8 Å². The van der Waals surface area contributed by atoms with Gasteiger partial charge >= 0.3 is 11.9 Å². The second-order valence-corrected chi connectivity index (χ2v) is 21.8. The Balaban J connectivity index is 0.00000992. The number of fused-ring (bicyclic) bond motifs is 5. The van der Waals surface area contributed by atoms with Crippen LogP contribution in [0.25, 0.3) is 0 Å². The summed E-state index contributed by atoms with van der Waals surface area (Å²) in [6, 6.07) is 0. The summed E-state index contributed by atoms with van der Waals surface area (Å²) in [5.41, 5.74) is 1.17. The zero-order chi connectivity index (χ0) is 43.3. The van der Waals surface area contributed by atoms with Crippen LogP contribution in [-0.4, -0.2) is 50.7 Å². The highest BCUT2D eigenvalue weighted by molar-refractivity contribution is 7.86. The van der Waals surface area contributed by atoms with E-state index in [4.69, 9.17) is 13.7 Å². The highest BCUT2D eigenvalue weighted by atomic mass is 32.2. The Kier molecular flexibility index (Phi) is 24.8. The first-order valence-corrected chi connectivity index (χ1v) is 27.0. The van der Waals surface area contributed by atoms with Crippen LogP contribution in [0.3, 0.4) is 0 Å². The van der Waals surface area contributed by atoms with Crippen molar-refractivity contribution in [3.63, 3.8) is 0 Å². The van der Waals surface area contributed by atoms with Crippen LogP contribution >= 0.6 is 0 Å². The number of Topliss-reactive ketones (excluding diaryl/α,β-unsaturated/α-hetero) is 1. The third kappa shape index (κ3) is 17.6. The fourth-order valence-electron chi connectivity index (χ4n) is 11.6. The average molecular weight is 877 g/mol. The number of esters is 2. The lowest BCUT2D eigenvalue weighted by atomic mass is 9.48. The van der Waals surface area contributed by atoms with E-state index in [0.717, 1.165) is 70.6 Å². The molecular weight excluding hydrogens is 785 g/mol. The Morgan fingerprint density at radius 1 is 0.689 bits per heavy atom. The van der Waals surface area contributed by atoms with E-state index in [2.05, 4.69) is 33.8 Å². The van der Waals surface area contributed by atoms with Crippen LogP contribution in [0, 0.1) is 28.6 Å². The smallest absolute Gasteiger partial charge is 0.306 e. The number of carbonyl (C=O) groups excluding carboxylic acids is 3. The summed E-state index contributed by atoms with van der Waals surface area (Å²) >= 11 is 0. The van der Waals surface area contributed by atoms with Crippen LogP contribution in [0.1, 0.15) is 247 Å². The fourth-order valence-corrected chi connectivity index (χ4v) is 12.8. The average Bonchev–Trinajstić information content (AvgIpc) is 3.53. The number of rotatable bonds is 32. The first-order valence-electron chi connectivity index (χ1n) is 25.4. The first kappa shape index (κ1) is 53.6. The summed E-state index contributed by atoms with van der Waals surface area (Å²) in [5.74, 6) is 0.962. The van der Waals surface area contributed by atoms with Gasteiger partial charge in [-0.2, -0.15) is 8.42 Å². The first-order chi connectivity index (χ1) is 28.9. The molecule has 0 aromatic rings. The number of unbranched alkanes of at least 4 members (excludes halogenated alkanes) is 20. The van der Waals surface area contributed by atoms with E-state index in [1.165, 1.54) is 108 Å². The van der Waals surface area contributed by atoms with E-state index in [-0.39, 0.29) is 55.4 Å². The number of ether oxygens (including phenoxy) is 2. The van der Waals surface area contributed by atoms with E-state index in [9.17, 15) is 22.8 Å². The lowest BCUT2D eigenvalue weighted by molar-refractivity contribution is -0.159. The maximum Gasteiger partial charge on any atom is 0.306 e. The minimum atomic E-state index is -3.93. The Morgan fingerprint density at radius 2 is 1.18 bits per heavy atom. The highest BCUT2D eigenvalue weighted by Gasteiger charge is 2.58. The third-order valence-electron chi connectivity index (χ3n) is 15.4. The van der Waals surface area contributed by atoms with Gasteiger partial charge < -0.3 is 9.47 Å². The predicted molar refractivity (Wildman–Crippen MR) is 250 cm³/mol. The summed E-state index contributed by atoms with van der Waals surface area (Å²) < 4.78 is 44.2. The molecule has 0 aromatic heterocycles. The molecule has 8 nitrogen and oxygen atoms in total. The minimum Gasteiger partial charge on any atom is -0.462 e. The van der Waals surface area contributed by atoms with Crippen molar-refractivity contribution in [2.24, 2.45) is 28.6 Å². The molecular formula is C52H92O8S. The van der Waals surface area contributed by atoms with Gasteiger partial charge in [0.05, 0.1) is 11.9 Å². The number of carbonyl (C=O) groups is 3. The van der Waals surface area contributed by atoms with Crippen molar-refractivity contribution in [1.82, 2.24) is 0 Å². The van der Waals surface area contributed by atoms with Crippen molar-refractivity contribution in [1.29, 1.82) is 0 Å². The van der Waals surface area contributed by atoms with Crippen molar-refractivity contribution in [3.05, 3.63) is 11.6 Å². The van der Waals surface area contributed by atoms with E-state index < -0.39 is 22.3 Å². The van der Waals surface area contributed by atoms with Crippen molar-refractivity contribution in [2.75, 3.05) is 12.4 Å². The number of hydrogen-bond donors (Lipinski definition) is 0. The molecule has 4 aliphatic carbocycles. The van der Waals surface area contributed by atoms with Gasteiger partial charge in [0, 0.05) is 31.1 Å². The lowest BCUT2D eigenvalue weighted by Gasteiger charge is -2.56. The molecule has 4 aliphatic rings. The maximum atomic E-state index is 13.5. The van der Waals surface area contributed by atoms with Gasteiger partial charge in [-0.05, 0) is 81.0 Å².